The van der Waals surface area contributed by atoms with Gasteiger partial charge in [0, 0.05) is 18.8 Å². The van der Waals surface area contributed by atoms with Crippen LogP contribution in [0.1, 0.15) is 19.5 Å². The monoisotopic (exact) mass is 260 g/mol. The Balaban J connectivity index is 1.74. The van der Waals surface area contributed by atoms with Crippen LogP contribution >= 0.6 is 0 Å². The minimum Gasteiger partial charge on any atom is -0.492 e. The molecule has 0 fully saturated rings. The maximum atomic E-state index is 5.61. The normalized spacial score (nSPS) is 10.9. The van der Waals surface area contributed by atoms with Crippen LogP contribution in [0.3, 0.4) is 0 Å². The highest BCUT2D eigenvalue weighted by Crippen LogP contribution is 2.07. The quantitative estimate of drug-likeness (QED) is 0.825. The molecule has 2 rings (SSSR count). The molecule has 0 saturated carbocycles. The molecule has 0 amide bonds. The first kappa shape index (κ1) is 13.5. The molecular weight excluding hydrogens is 240 g/mol. The summed E-state index contributed by atoms with van der Waals surface area (Å²) < 4.78 is 7.42. The topological polar surface area (TPSA) is 52.0 Å². The molecule has 0 aliphatic rings. The van der Waals surface area contributed by atoms with Crippen LogP contribution in [0.5, 0.6) is 5.75 Å². The molecule has 0 bridgehead atoms. The second-order valence-electron chi connectivity index (χ2n) is 4.67. The number of hydrogen-bond donors (Lipinski definition) is 1. The van der Waals surface area contributed by atoms with Crippen LogP contribution in [-0.2, 0) is 13.1 Å². The lowest BCUT2D eigenvalue weighted by atomic mass is 10.3. The van der Waals surface area contributed by atoms with Crippen LogP contribution in [0.4, 0.5) is 0 Å². The van der Waals surface area contributed by atoms with Crippen molar-refractivity contribution >= 4 is 0 Å². The SMILES string of the molecule is CC(C)NCc1cn(CCOc2ccccc2)nn1. The van der Waals surface area contributed by atoms with Crippen molar-refractivity contribution in [2.45, 2.75) is 33.0 Å². The van der Waals surface area contributed by atoms with Crippen molar-refractivity contribution < 1.29 is 4.74 Å². The highest BCUT2D eigenvalue weighted by atomic mass is 16.5. The first-order valence-electron chi connectivity index (χ1n) is 6.54. The molecule has 1 aromatic heterocycles. The third kappa shape index (κ3) is 4.71. The lowest BCUT2D eigenvalue weighted by molar-refractivity contribution is 0.289. The number of nitrogens with zero attached hydrogens (tertiary/aromatic N) is 3. The molecule has 1 aromatic carbocycles. The number of para-hydroxylation sites is 1. The molecule has 102 valence electrons. The number of ether oxygens (including phenoxy) is 1. The fraction of sp³-hybridized carbons (Fsp3) is 0.429. The molecule has 0 radical (unpaired) electrons. The summed E-state index contributed by atoms with van der Waals surface area (Å²) in [6.07, 6.45) is 1.95. The molecule has 0 saturated heterocycles. The fourth-order valence-corrected chi connectivity index (χ4v) is 1.61. The average Bonchev–Trinajstić information content (AvgIpc) is 2.86. The van der Waals surface area contributed by atoms with Gasteiger partial charge in [-0.1, -0.05) is 37.3 Å². The first-order chi connectivity index (χ1) is 9.24. The van der Waals surface area contributed by atoms with E-state index in [1.54, 1.807) is 4.68 Å². The summed E-state index contributed by atoms with van der Waals surface area (Å²) in [5.41, 5.74) is 0.952. The zero-order valence-corrected chi connectivity index (χ0v) is 11.4. The molecule has 5 heteroatoms. The van der Waals surface area contributed by atoms with Crippen molar-refractivity contribution in [3.05, 3.63) is 42.2 Å². The zero-order chi connectivity index (χ0) is 13.5. The molecule has 5 nitrogen and oxygen atoms in total. The highest BCUT2D eigenvalue weighted by Gasteiger charge is 2.01. The van der Waals surface area contributed by atoms with Gasteiger partial charge in [-0.15, -0.1) is 5.10 Å². The number of rotatable bonds is 7. The van der Waals surface area contributed by atoms with Crippen molar-refractivity contribution in [1.29, 1.82) is 0 Å². The predicted molar refractivity (Wildman–Crippen MR) is 73.9 cm³/mol. The van der Waals surface area contributed by atoms with Gasteiger partial charge in [-0.3, -0.25) is 0 Å². The summed E-state index contributed by atoms with van der Waals surface area (Å²) in [5, 5.41) is 11.5. The van der Waals surface area contributed by atoms with Crippen LogP contribution in [-0.4, -0.2) is 27.6 Å². The van der Waals surface area contributed by atoms with E-state index < -0.39 is 0 Å². The zero-order valence-electron chi connectivity index (χ0n) is 11.4. The molecule has 0 aliphatic carbocycles. The average molecular weight is 260 g/mol. The number of hydrogen-bond acceptors (Lipinski definition) is 4. The van der Waals surface area contributed by atoms with Crippen LogP contribution in [0, 0.1) is 0 Å². The molecule has 1 N–H and O–H groups in total. The Hall–Kier alpha value is -1.88. The Labute approximate surface area is 113 Å². The molecular formula is C14H20N4O. The molecule has 0 spiro atoms. The summed E-state index contributed by atoms with van der Waals surface area (Å²) >= 11 is 0. The minimum absolute atomic E-state index is 0.451. The van der Waals surface area contributed by atoms with E-state index in [0.29, 0.717) is 19.2 Å². The van der Waals surface area contributed by atoms with E-state index >= 15 is 0 Å². The van der Waals surface area contributed by atoms with Crippen molar-refractivity contribution in [1.82, 2.24) is 20.3 Å². The standard InChI is InChI=1S/C14H20N4O/c1-12(2)15-10-13-11-18(17-16-13)8-9-19-14-6-4-3-5-7-14/h3-7,11-12,15H,8-10H2,1-2H3. The van der Waals surface area contributed by atoms with Crippen LogP contribution in [0.2, 0.25) is 0 Å². The van der Waals surface area contributed by atoms with Crippen molar-refractivity contribution in [3.63, 3.8) is 0 Å². The summed E-state index contributed by atoms with van der Waals surface area (Å²) in [5.74, 6) is 0.879. The van der Waals surface area contributed by atoms with Gasteiger partial charge >= 0.3 is 0 Å². The maximum Gasteiger partial charge on any atom is 0.119 e. The fourth-order valence-electron chi connectivity index (χ4n) is 1.61. The predicted octanol–water partition coefficient (Wildman–Crippen LogP) is 1.86. The van der Waals surface area contributed by atoms with E-state index in [4.69, 9.17) is 4.74 Å². The summed E-state index contributed by atoms with van der Waals surface area (Å²) in [4.78, 5) is 0. The molecule has 1 heterocycles. The van der Waals surface area contributed by atoms with E-state index in [1.165, 1.54) is 0 Å². The summed E-state index contributed by atoms with van der Waals surface area (Å²) in [7, 11) is 0. The number of aromatic nitrogens is 3. The van der Waals surface area contributed by atoms with Gasteiger partial charge in [0.05, 0.1) is 12.2 Å². The van der Waals surface area contributed by atoms with Crippen LogP contribution in [0.25, 0.3) is 0 Å². The second-order valence-corrected chi connectivity index (χ2v) is 4.67. The lowest BCUT2D eigenvalue weighted by Crippen LogP contribution is -2.21. The maximum absolute atomic E-state index is 5.61. The Bertz CT molecular complexity index is 481. The van der Waals surface area contributed by atoms with Gasteiger partial charge in [0.2, 0.25) is 0 Å². The van der Waals surface area contributed by atoms with E-state index in [0.717, 1.165) is 18.0 Å². The highest BCUT2D eigenvalue weighted by molar-refractivity contribution is 5.20. The van der Waals surface area contributed by atoms with Gasteiger partial charge in [-0.2, -0.15) is 0 Å². The van der Waals surface area contributed by atoms with E-state index in [1.807, 2.05) is 36.5 Å². The Morgan fingerprint density at radius 1 is 1.26 bits per heavy atom. The molecule has 0 unspecified atom stereocenters. The van der Waals surface area contributed by atoms with Crippen molar-refractivity contribution in [2.24, 2.45) is 0 Å². The van der Waals surface area contributed by atoms with E-state index in [-0.39, 0.29) is 0 Å². The molecule has 2 aromatic rings. The molecule has 19 heavy (non-hydrogen) atoms. The number of benzene rings is 1. The smallest absolute Gasteiger partial charge is 0.119 e. The minimum atomic E-state index is 0.451. The van der Waals surface area contributed by atoms with Crippen molar-refractivity contribution in [3.8, 4) is 5.75 Å². The van der Waals surface area contributed by atoms with Gasteiger partial charge < -0.3 is 10.1 Å². The van der Waals surface area contributed by atoms with Gasteiger partial charge in [0.1, 0.15) is 12.4 Å². The Morgan fingerprint density at radius 3 is 2.79 bits per heavy atom. The molecule has 0 aliphatic heterocycles. The second kappa shape index (κ2) is 6.89. The van der Waals surface area contributed by atoms with Gasteiger partial charge in [0.15, 0.2) is 0 Å². The summed E-state index contributed by atoms with van der Waals surface area (Å²) in [6.45, 7) is 6.25. The van der Waals surface area contributed by atoms with Gasteiger partial charge in [-0.25, -0.2) is 4.68 Å². The van der Waals surface area contributed by atoms with Crippen LogP contribution in [0.15, 0.2) is 36.5 Å². The van der Waals surface area contributed by atoms with Gasteiger partial charge in [-0.05, 0) is 12.1 Å². The number of nitrogens with one attached hydrogen (secondary N) is 1. The third-order valence-electron chi connectivity index (χ3n) is 2.61. The molecule has 0 atom stereocenters. The Kier molecular flexibility index (Phi) is 4.92. The lowest BCUT2D eigenvalue weighted by Gasteiger charge is -2.05. The van der Waals surface area contributed by atoms with Crippen LogP contribution < -0.4 is 10.1 Å². The first-order valence-corrected chi connectivity index (χ1v) is 6.54. The largest absolute Gasteiger partial charge is 0.492 e. The summed E-state index contributed by atoms with van der Waals surface area (Å²) in [6, 6.07) is 10.2. The third-order valence-corrected chi connectivity index (χ3v) is 2.61. The van der Waals surface area contributed by atoms with Crippen molar-refractivity contribution in [2.75, 3.05) is 6.61 Å². The van der Waals surface area contributed by atoms with E-state index in [9.17, 15) is 0 Å². The van der Waals surface area contributed by atoms with Gasteiger partial charge in [0.25, 0.3) is 0 Å². The van der Waals surface area contributed by atoms with E-state index in [2.05, 4.69) is 29.5 Å². The Morgan fingerprint density at radius 2 is 2.05 bits per heavy atom.